The molecule has 0 fully saturated rings. The van der Waals surface area contributed by atoms with Gasteiger partial charge in [-0.15, -0.1) is 0 Å². The minimum absolute atomic E-state index is 0.944. The van der Waals surface area contributed by atoms with Gasteiger partial charge in [0.1, 0.15) is 6.33 Å². The standard InChI is InChI=1S/C17H15N3/c1-12-6-7-16(10-18-12)14-4-3-5-15(9-14)17-8-13(2)19-11-20-17/h3-11H,1-2H3. The molecule has 0 unspecified atom stereocenters. The maximum atomic E-state index is 4.35. The average Bonchev–Trinajstić information content (AvgIpc) is 2.48. The normalized spacial score (nSPS) is 10.5. The Bertz CT molecular complexity index is 733. The zero-order valence-corrected chi connectivity index (χ0v) is 11.5. The lowest BCUT2D eigenvalue weighted by atomic mass is 10.0. The largest absolute Gasteiger partial charge is 0.261 e. The predicted octanol–water partition coefficient (Wildman–Crippen LogP) is 3.82. The molecule has 0 aliphatic rings. The minimum Gasteiger partial charge on any atom is -0.261 e. The molecule has 0 spiro atoms. The molecule has 0 aliphatic heterocycles. The molecular weight excluding hydrogens is 246 g/mol. The first-order valence-electron chi connectivity index (χ1n) is 6.54. The van der Waals surface area contributed by atoms with Crippen LogP contribution in [0.25, 0.3) is 22.4 Å². The molecule has 0 radical (unpaired) electrons. The molecule has 2 heterocycles. The highest BCUT2D eigenvalue weighted by Gasteiger charge is 2.03. The average molecular weight is 261 g/mol. The van der Waals surface area contributed by atoms with Crippen LogP contribution < -0.4 is 0 Å². The molecule has 3 aromatic rings. The van der Waals surface area contributed by atoms with Gasteiger partial charge in [0, 0.05) is 28.7 Å². The van der Waals surface area contributed by atoms with Crippen LogP contribution in [-0.2, 0) is 0 Å². The summed E-state index contributed by atoms with van der Waals surface area (Å²) >= 11 is 0. The summed E-state index contributed by atoms with van der Waals surface area (Å²) in [4.78, 5) is 12.8. The summed E-state index contributed by atoms with van der Waals surface area (Å²) in [5.74, 6) is 0. The molecule has 20 heavy (non-hydrogen) atoms. The Labute approximate surface area is 118 Å². The fourth-order valence-corrected chi connectivity index (χ4v) is 2.11. The van der Waals surface area contributed by atoms with Crippen molar-refractivity contribution in [3.05, 3.63) is 66.4 Å². The first-order valence-corrected chi connectivity index (χ1v) is 6.54. The van der Waals surface area contributed by atoms with E-state index in [2.05, 4.69) is 39.2 Å². The zero-order chi connectivity index (χ0) is 13.9. The Morgan fingerprint density at radius 2 is 1.55 bits per heavy atom. The summed E-state index contributed by atoms with van der Waals surface area (Å²) in [6.45, 7) is 3.96. The molecule has 98 valence electrons. The summed E-state index contributed by atoms with van der Waals surface area (Å²) in [7, 11) is 0. The third-order valence-corrected chi connectivity index (χ3v) is 3.21. The van der Waals surface area contributed by atoms with Crippen molar-refractivity contribution in [2.45, 2.75) is 13.8 Å². The van der Waals surface area contributed by atoms with Gasteiger partial charge in [0.25, 0.3) is 0 Å². The van der Waals surface area contributed by atoms with Crippen LogP contribution in [0.15, 0.2) is 55.0 Å². The third kappa shape index (κ3) is 2.57. The fourth-order valence-electron chi connectivity index (χ4n) is 2.11. The highest BCUT2D eigenvalue weighted by Crippen LogP contribution is 2.24. The van der Waals surface area contributed by atoms with Gasteiger partial charge in [-0.3, -0.25) is 4.98 Å². The monoisotopic (exact) mass is 261 g/mol. The van der Waals surface area contributed by atoms with Crippen LogP contribution in [0.5, 0.6) is 0 Å². The van der Waals surface area contributed by atoms with Crippen LogP contribution in [0.2, 0.25) is 0 Å². The van der Waals surface area contributed by atoms with Crippen molar-refractivity contribution < 1.29 is 0 Å². The fraction of sp³-hybridized carbons (Fsp3) is 0.118. The van der Waals surface area contributed by atoms with E-state index < -0.39 is 0 Å². The van der Waals surface area contributed by atoms with Crippen molar-refractivity contribution in [3.8, 4) is 22.4 Å². The topological polar surface area (TPSA) is 38.7 Å². The molecule has 0 atom stereocenters. The number of nitrogens with zero attached hydrogens (tertiary/aromatic N) is 3. The van der Waals surface area contributed by atoms with Gasteiger partial charge >= 0.3 is 0 Å². The predicted molar refractivity (Wildman–Crippen MR) is 80.2 cm³/mol. The van der Waals surface area contributed by atoms with Crippen LogP contribution in [0.1, 0.15) is 11.4 Å². The molecule has 0 amide bonds. The van der Waals surface area contributed by atoms with Crippen LogP contribution in [-0.4, -0.2) is 15.0 Å². The highest BCUT2D eigenvalue weighted by atomic mass is 14.8. The summed E-state index contributed by atoms with van der Waals surface area (Å²) in [5, 5.41) is 0. The number of rotatable bonds is 2. The third-order valence-electron chi connectivity index (χ3n) is 3.21. The second-order valence-electron chi connectivity index (χ2n) is 4.81. The van der Waals surface area contributed by atoms with Gasteiger partial charge in [0.2, 0.25) is 0 Å². The van der Waals surface area contributed by atoms with E-state index in [0.29, 0.717) is 0 Å². The van der Waals surface area contributed by atoms with Gasteiger partial charge in [-0.2, -0.15) is 0 Å². The molecule has 1 aromatic carbocycles. The van der Waals surface area contributed by atoms with E-state index in [1.165, 1.54) is 0 Å². The van der Waals surface area contributed by atoms with Crippen molar-refractivity contribution in [2.24, 2.45) is 0 Å². The Balaban J connectivity index is 2.03. The summed E-state index contributed by atoms with van der Waals surface area (Å²) in [5.41, 5.74) is 6.29. The van der Waals surface area contributed by atoms with Gasteiger partial charge in [0.05, 0.1) is 5.69 Å². The Morgan fingerprint density at radius 1 is 0.700 bits per heavy atom. The lowest BCUT2D eigenvalue weighted by Crippen LogP contribution is -1.89. The van der Waals surface area contributed by atoms with Crippen molar-refractivity contribution >= 4 is 0 Å². The van der Waals surface area contributed by atoms with E-state index in [-0.39, 0.29) is 0 Å². The molecule has 0 aliphatic carbocycles. The number of hydrogen-bond donors (Lipinski definition) is 0. The Kier molecular flexibility index (Phi) is 3.25. The molecular formula is C17H15N3. The zero-order valence-electron chi connectivity index (χ0n) is 11.5. The minimum atomic E-state index is 0.944. The SMILES string of the molecule is Cc1ccc(-c2cccc(-c3cc(C)ncn3)c2)cn1. The number of pyridine rings is 1. The molecule has 0 saturated carbocycles. The summed E-state index contributed by atoms with van der Waals surface area (Å²) in [6.07, 6.45) is 3.50. The molecule has 3 rings (SSSR count). The van der Waals surface area contributed by atoms with Crippen molar-refractivity contribution in [3.63, 3.8) is 0 Å². The van der Waals surface area contributed by atoms with E-state index >= 15 is 0 Å². The van der Waals surface area contributed by atoms with Crippen LogP contribution in [0.4, 0.5) is 0 Å². The number of aryl methyl sites for hydroxylation is 2. The van der Waals surface area contributed by atoms with Crippen LogP contribution in [0.3, 0.4) is 0 Å². The lowest BCUT2D eigenvalue weighted by molar-refractivity contribution is 1.11. The van der Waals surface area contributed by atoms with E-state index in [4.69, 9.17) is 0 Å². The molecule has 0 bridgehead atoms. The van der Waals surface area contributed by atoms with Crippen molar-refractivity contribution in [2.75, 3.05) is 0 Å². The smallest absolute Gasteiger partial charge is 0.116 e. The van der Waals surface area contributed by atoms with E-state index in [9.17, 15) is 0 Å². The van der Waals surface area contributed by atoms with Crippen LogP contribution in [0, 0.1) is 13.8 Å². The number of hydrogen-bond acceptors (Lipinski definition) is 3. The Hall–Kier alpha value is -2.55. The Morgan fingerprint density at radius 3 is 2.30 bits per heavy atom. The van der Waals surface area contributed by atoms with Gasteiger partial charge < -0.3 is 0 Å². The van der Waals surface area contributed by atoms with Gasteiger partial charge in [-0.1, -0.05) is 24.3 Å². The van der Waals surface area contributed by atoms with Gasteiger partial charge in [-0.25, -0.2) is 9.97 Å². The van der Waals surface area contributed by atoms with E-state index in [0.717, 1.165) is 33.8 Å². The van der Waals surface area contributed by atoms with E-state index in [1.807, 2.05) is 38.2 Å². The van der Waals surface area contributed by atoms with Crippen LogP contribution >= 0.6 is 0 Å². The first kappa shape index (κ1) is 12.5. The van der Waals surface area contributed by atoms with Gasteiger partial charge in [0.15, 0.2) is 0 Å². The summed E-state index contributed by atoms with van der Waals surface area (Å²) < 4.78 is 0. The maximum absolute atomic E-state index is 4.35. The molecule has 0 saturated heterocycles. The van der Waals surface area contributed by atoms with Crippen molar-refractivity contribution in [1.29, 1.82) is 0 Å². The second-order valence-corrected chi connectivity index (χ2v) is 4.81. The summed E-state index contributed by atoms with van der Waals surface area (Å²) in [6, 6.07) is 14.4. The number of benzene rings is 1. The number of aromatic nitrogens is 3. The molecule has 0 N–H and O–H groups in total. The van der Waals surface area contributed by atoms with Gasteiger partial charge in [-0.05, 0) is 37.6 Å². The maximum Gasteiger partial charge on any atom is 0.116 e. The first-order chi connectivity index (χ1) is 9.72. The van der Waals surface area contributed by atoms with E-state index in [1.54, 1.807) is 6.33 Å². The molecule has 2 aromatic heterocycles. The molecule has 3 nitrogen and oxygen atoms in total. The highest BCUT2D eigenvalue weighted by molar-refractivity contribution is 5.70. The molecule has 3 heteroatoms. The lowest BCUT2D eigenvalue weighted by Gasteiger charge is -2.06. The van der Waals surface area contributed by atoms with Crippen molar-refractivity contribution in [1.82, 2.24) is 15.0 Å². The quantitative estimate of drug-likeness (QED) is 0.704. The second kappa shape index (κ2) is 5.21.